The summed E-state index contributed by atoms with van der Waals surface area (Å²) in [5.41, 5.74) is 0. The lowest BCUT2D eigenvalue weighted by molar-refractivity contribution is 0.0957. The third kappa shape index (κ3) is 6.74. The van der Waals surface area contributed by atoms with Gasteiger partial charge in [-0.25, -0.2) is 0 Å². The maximum Gasteiger partial charge on any atom is 0.261 e. The Morgan fingerprint density at radius 2 is 1.09 bits per heavy atom. The molecule has 43 heavy (non-hydrogen) atoms. The second-order valence-electron chi connectivity index (χ2n) is 10.2. The fourth-order valence-corrected chi connectivity index (χ4v) is 13.5. The van der Waals surface area contributed by atoms with Crippen LogP contribution in [-0.2, 0) is 0 Å². The van der Waals surface area contributed by atoms with Gasteiger partial charge in [-0.2, -0.15) is 0 Å². The first-order valence-corrected chi connectivity index (χ1v) is 20.0. The van der Waals surface area contributed by atoms with Crippen molar-refractivity contribution in [1.82, 2.24) is 5.32 Å². The standard InChI is InChI=1S/C36H32NOPS4/c1-40-35-24-23-33(43-35)32-20-19-30(41-32)31-21-22-34(42-31)36(38)37-25-11-12-26-39(27-13-5-2-6-14-27,28-15-7-3-8-16-28)29-17-9-4-10-18-29/h2-10,13-24H,11-12,25-26H2,1H3/p+1. The van der Waals surface area contributed by atoms with E-state index in [-0.39, 0.29) is 5.91 Å². The van der Waals surface area contributed by atoms with E-state index in [1.54, 1.807) is 34.4 Å². The van der Waals surface area contributed by atoms with Gasteiger partial charge in [0.25, 0.3) is 5.91 Å². The summed E-state index contributed by atoms with van der Waals surface area (Å²) in [7, 11) is -1.84. The van der Waals surface area contributed by atoms with E-state index in [2.05, 4.69) is 133 Å². The Morgan fingerprint density at radius 3 is 1.63 bits per heavy atom. The van der Waals surface area contributed by atoms with Crippen LogP contribution in [0, 0.1) is 0 Å². The van der Waals surface area contributed by atoms with Crippen molar-refractivity contribution in [2.24, 2.45) is 0 Å². The zero-order valence-electron chi connectivity index (χ0n) is 23.9. The molecule has 0 fully saturated rings. The number of thiophene rings is 3. The molecular weight excluding hydrogens is 622 g/mol. The van der Waals surface area contributed by atoms with Gasteiger partial charge in [0.1, 0.15) is 23.2 Å². The first-order valence-electron chi connectivity index (χ1n) is 14.3. The van der Waals surface area contributed by atoms with Crippen molar-refractivity contribution in [2.45, 2.75) is 17.1 Å². The van der Waals surface area contributed by atoms with E-state index in [4.69, 9.17) is 0 Å². The Morgan fingerprint density at radius 1 is 0.605 bits per heavy atom. The summed E-state index contributed by atoms with van der Waals surface area (Å²) in [5, 5.41) is 7.41. The van der Waals surface area contributed by atoms with Crippen LogP contribution in [0.2, 0.25) is 0 Å². The lowest BCUT2D eigenvalue weighted by Crippen LogP contribution is -2.33. The van der Waals surface area contributed by atoms with E-state index in [1.807, 2.05) is 17.4 Å². The summed E-state index contributed by atoms with van der Waals surface area (Å²) in [6.45, 7) is 0.670. The molecule has 3 aromatic carbocycles. The molecular formula is C36H33NOPS4+. The molecule has 3 aromatic heterocycles. The minimum Gasteiger partial charge on any atom is -0.351 e. The number of rotatable bonds is 12. The number of carbonyl (C=O) groups excluding carboxylic acids is 1. The summed E-state index contributed by atoms with van der Waals surface area (Å²) in [6.07, 6.45) is 5.14. The molecule has 216 valence electrons. The molecule has 7 heteroatoms. The summed E-state index contributed by atoms with van der Waals surface area (Å²) >= 11 is 6.98. The Kier molecular flexibility index (Phi) is 9.92. The van der Waals surface area contributed by atoms with Gasteiger partial charge < -0.3 is 5.32 Å². The Labute approximate surface area is 271 Å². The molecule has 0 atom stereocenters. The molecule has 0 aliphatic carbocycles. The summed E-state index contributed by atoms with van der Waals surface area (Å²) < 4.78 is 1.33. The molecule has 1 N–H and O–H groups in total. The van der Waals surface area contributed by atoms with E-state index in [0.717, 1.165) is 28.8 Å². The van der Waals surface area contributed by atoms with E-state index < -0.39 is 7.26 Å². The zero-order valence-corrected chi connectivity index (χ0v) is 28.1. The van der Waals surface area contributed by atoms with Gasteiger partial charge in [0.15, 0.2) is 0 Å². The lowest BCUT2D eigenvalue weighted by atomic mass is 10.3. The molecule has 1 amide bonds. The van der Waals surface area contributed by atoms with Gasteiger partial charge in [0.05, 0.1) is 15.2 Å². The van der Waals surface area contributed by atoms with Crippen LogP contribution in [-0.4, -0.2) is 24.9 Å². The van der Waals surface area contributed by atoms with Crippen LogP contribution in [0.1, 0.15) is 22.5 Å². The minimum absolute atomic E-state index is 0.0196. The van der Waals surface area contributed by atoms with Crippen LogP contribution in [0.25, 0.3) is 19.5 Å². The summed E-state index contributed by atoms with van der Waals surface area (Å²) in [4.78, 5) is 18.8. The third-order valence-corrected chi connectivity index (χ3v) is 16.8. The molecule has 0 spiro atoms. The van der Waals surface area contributed by atoms with Gasteiger partial charge in [0, 0.05) is 26.1 Å². The Bertz CT molecular complexity index is 1660. The maximum absolute atomic E-state index is 13.1. The normalized spacial score (nSPS) is 11.5. The van der Waals surface area contributed by atoms with E-state index in [9.17, 15) is 4.79 Å². The molecule has 6 rings (SSSR count). The first kappa shape index (κ1) is 30.1. The highest BCUT2D eigenvalue weighted by Crippen LogP contribution is 2.55. The molecule has 0 saturated carbocycles. The second kappa shape index (κ2) is 14.2. The smallest absolute Gasteiger partial charge is 0.261 e. The van der Waals surface area contributed by atoms with Crippen LogP contribution in [0.15, 0.2) is 132 Å². The molecule has 0 bridgehead atoms. The Hall–Kier alpha value is -2.99. The number of carbonyl (C=O) groups is 1. The molecule has 6 aromatic rings. The monoisotopic (exact) mass is 654 g/mol. The van der Waals surface area contributed by atoms with Crippen LogP contribution in [0.3, 0.4) is 0 Å². The molecule has 0 aliphatic rings. The van der Waals surface area contributed by atoms with Gasteiger partial charge in [-0.05, 0) is 91.9 Å². The number of thioether (sulfide) groups is 1. The van der Waals surface area contributed by atoms with Crippen LogP contribution in [0.4, 0.5) is 0 Å². The van der Waals surface area contributed by atoms with Gasteiger partial charge in [0.2, 0.25) is 0 Å². The van der Waals surface area contributed by atoms with Crippen molar-refractivity contribution in [2.75, 3.05) is 19.0 Å². The summed E-state index contributed by atoms with van der Waals surface area (Å²) in [6, 6.07) is 45.8. The SMILES string of the molecule is CSc1ccc(-c2ccc(-c3ccc(C(=O)NCCCC[P+](c4ccccc4)(c4ccccc4)c4ccccc4)s3)s2)s1. The number of unbranched alkanes of at least 4 members (excludes halogenated alkanes) is 1. The van der Waals surface area contributed by atoms with Crippen LogP contribution in [0.5, 0.6) is 0 Å². The number of nitrogens with one attached hydrogen (secondary N) is 1. The number of hydrogen-bond donors (Lipinski definition) is 1. The quantitative estimate of drug-likeness (QED) is 0.0809. The molecule has 0 aliphatic heterocycles. The first-order chi connectivity index (χ1) is 21.2. The van der Waals surface area contributed by atoms with Gasteiger partial charge >= 0.3 is 0 Å². The average molecular weight is 655 g/mol. The predicted octanol–water partition coefficient (Wildman–Crippen LogP) is 9.43. The van der Waals surface area contributed by atoms with Gasteiger partial charge in [-0.15, -0.1) is 45.8 Å². The van der Waals surface area contributed by atoms with Crippen molar-refractivity contribution in [3.63, 3.8) is 0 Å². The molecule has 0 unspecified atom stereocenters. The minimum atomic E-state index is -1.84. The number of amides is 1. The topological polar surface area (TPSA) is 29.1 Å². The third-order valence-electron chi connectivity index (χ3n) is 7.50. The van der Waals surface area contributed by atoms with Crippen molar-refractivity contribution in [3.8, 4) is 19.5 Å². The van der Waals surface area contributed by atoms with Crippen LogP contribution < -0.4 is 21.2 Å². The van der Waals surface area contributed by atoms with Crippen LogP contribution >= 0.6 is 53.0 Å². The predicted molar refractivity (Wildman–Crippen MR) is 194 cm³/mol. The second-order valence-corrected chi connectivity index (χ2v) is 18.1. The average Bonchev–Trinajstić information content (AvgIpc) is 3.85. The van der Waals surface area contributed by atoms with E-state index >= 15 is 0 Å². The van der Waals surface area contributed by atoms with E-state index in [1.165, 1.54) is 34.8 Å². The summed E-state index contributed by atoms with van der Waals surface area (Å²) in [5.74, 6) is 0.0196. The highest BCUT2D eigenvalue weighted by atomic mass is 32.2. The molecule has 0 radical (unpaired) electrons. The fraction of sp³-hybridized carbons (Fsp3) is 0.139. The fourth-order valence-electron chi connectivity index (χ4n) is 5.40. The molecule has 3 heterocycles. The zero-order chi connectivity index (χ0) is 29.5. The molecule has 2 nitrogen and oxygen atoms in total. The Balaban J connectivity index is 1.11. The van der Waals surface area contributed by atoms with E-state index in [0.29, 0.717) is 6.54 Å². The highest BCUT2D eigenvalue weighted by molar-refractivity contribution is 8.00. The molecule has 0 saturated heterocycles. The van der Waals surface area contributed by atoms with Crippen molar-refractivity contribution in [1.29, 1.82) is 0 Å². The number of benzene rings is 3. The maximum atomic E-state index is 13.1. The lowest BCUT2D eigenvalue weighted by Gasteiger charge is -2.27. The van der Waals surface area contributed by atoms with Crippen molar-refractivity contribution < 1.29 is 4.79 Å². The van der Waals surface area contributed by atoms with Crippen molar-refractivity contribution in [3.05, 3.63) is 132 Å². The van der Waals surface area contributed by atoms with Gasteiger partial charge in [-0.1, -0.05) is 54.6 Å². The largest absolute Gasteiger partial charge is 0.351 e. The van der Waals surface area contributed by atoms with Gasteiger partial charge in [-0.3, -0.25) is 4.79 Å². The highest BCUT2D eigenvalue weighted by Gasteiger charge is 2.44. The van der Waals surface area contributed by atoms with Crippen molar-refractivity contribution >= 4 is 74.9 Å². The number of hydrogen-bond acceptors (Lipinski definition) is 5.